The highest BCUT2D eigenvalue weighted by Crippen LogP contribution is 2.54. The van der Waals surface area contributed by atoms with E-state index in [9.17, 15) is 9.36 Å². The molecule has 1 saturated heterocycles. The van der Waals surface area contributed by atoms with Crippen LogP contribution in [0, 0.1) is 0 Å². The highest BCUT2D eigenvalue weighted by Gasteiger charge is 2.32. The Bertz CT molecular complexity index is 1180. The van der Waals surface area contributed by atoms with Crippen LogP contribution in [-0.2, 0) is 13.8 Å². The summed E-state index contributed by atoms with van der Waals surface area (Å²) in [6.45, 7) is -2.16. The van der Waals surface area contributed by atoms with E-state index in [-0.39, 0.29) is 18.6 Å². The first kappa shape index (κ1) is 23.7. The lowest BCUT2D eigenvalue weighted by Crippen LogP contribution is -2.45. The van der Waals surface area contributed by atoms with Crippen LogP contribution in [0.1, 0.15) is 16.6 Å². The molecule has 13 heteroatoms. The Hall–Kier alpha value is -2.40. The predicted octanol–water partition coefficient (Wildman–Crippen LogP) is 2.83. The summed E-state index contributed by atoms with van der Waals surface area (Å²) < 4.78 is 27.0. The lowest BCUT2D eigenvalue weighted by atomic mass is 10.2. The van der Waals surface area contributed by atoms with E-state index in [0.717, 1.165) is 0 Å². The van der Waals surface area contributed by atoms with Crippen molar-refractivity contribution in [2.45, 2.75) is 12.3 Å². The standard InChI is InChI=1S/C20H25ClN7O4P/c1-26(2)33(21,30)31-11-15-9-27(3)10-16(32-15)28-13-24-17-18(22-12-23-19(17)28)25-20(29)14-7-5-4-6-8-14/h4-8,12-13,15-16H,9-11H2,1-3H3,(H,22,23,25,29)/t15-,16?,33?/m0/s1. The summed E-state index contributed by atoms with van der Waals surface area (Å²) in [4.78, 5) is 27.6. The van der Waals surface area contributed by atoms with Crippen molar-refractivity contribution in [3.8, 4) is 0 Å². The van der Waals surface area contributed by atoms with Crippen molar-refractivity contribution in [3.05, 3.63) is 48.5 Å². The van der Waals surface area contributed by atoms with Crippen LogP contribution in [0.25, 0.3) is 11.2 Å². The summed E-state index contributed by atoms with van der Waals surface area (Å²) in [6.07, 6.45) is 2.18. The Balaban J connectivity index is 1.53. The Labute approximate surface area is 196 Å². The number of hydrogen-bond acceptors (Lipinski definition) is 8. The first-order valence-electron chi connectivity index (χ1n) is 10.2. The summed E-state index contributed by atoms with van der Waals surface area (Å²) in [5.41, 5.74) is 1.48. The van der Waals surface area contributed by atoms with Crippen LogP contribution in [0.3, 0.4) is 0 Å². The van der Waals surface area contributed by atoms with Gasteiger partial charge in [-0.25, -0.2) is 19.6 Å². The molecule has 33 heavy (non-hydrogen) atoms. The number of ether oxygens (including phenoxy) is 1. The van der Waals surface area contributed by atoms with Gasteiger partial charge >= 0.3 is 6.87 Å². The van der Waals surface area contributed by atoms with Crippen LogP contribution in [0.4, 0.5) is 5.82 Å². The first-order chi connectivity index (χ1) is 15.7. The second-order valence-electron chi connectivity index (χ2n) is 7.89. The largest absolute Gasteiger partial charge is 0.362 e. The van der Waals surface area contributed by atoms with E-state index in [1.807, 2.05) is 13.1 Å². The van der Waals surface area contributed by atoms with Gasteiger partial charge in [0.05, 0.1) is 19.0 Å². The average Bonchev–Trinajstić information content (AvgIpc) is 3.23. The van der Waals surface area contributed by atoms with Gasteiger partial charge in [-0.2, -0.15) is 0 Å². The van der Waals surface area contributed by atoms with Crippen molar-refractivity contribution in [1.29, 1.82) is 0 Å². The van der Waals surface area contributed by atoms with E-state index in [0.29, 0.717) is 35.6 Å². The Morgan fingerprint density at radius 1 is 1.27 bits per heavy atom. The van der Waals surface area contributed by atoms with Crippen LogP contribution in [0.15, 0.2) is 43.0 Å². The van der Waals surface area contributed by atoms with Gasteiger partial charge in [-0.3, -0.25) is 18.8 Å². The molecule has 2 aromatic heterocycles. The monoisotopic (exact) mass is 493 g/mol. The number of amides is 1. The molecule has 1 N–H and O–H groups in total. The maximum Gasteiger partial charge on any atom is 0.362 e. The zero-order chi connectivity index (χ0) is 23.6. The highest BCUT2D eigenvalue weighted by atomic mass is 35.7. The summed E-state index contributed by atoms with van der Waals surface area (Å²) in [6, 6.07) is 8.86. The van der Waals surface area contributed by atoms with E-state index in [1.165, 1.54) is 11.0 Å². The fourth-order valence-electron chi connectivity index (χ4n) is 3.46. The van der Waals surface area contributed by atoms with Gasteiger partial charge in [0.1, 0.15) is 12.6 Å². The number of benzene rings is 1. The fraction of sp³-hybridized carbons (Fsp3) is 0.400. The van der Waals surface area contributed by atoms with Gasteiger partial charge in [-0.15, -0.1) is 0 Å². The van der Waals surface area contributed by atoms with Crippen molar-refractivity contribution in [3.63, 3.8) is 0 Å². The topological polar surface area (TPSA) is 115 Å². The number of imidazole rings is 1. The molecule has 1 aliphatic heterocycles. The van der Waals surface area contributed by atoms with E-state index in [2.05, 4.69) is 25.2 Å². The predicted molar refractivity (Wildman–Crippen MR) is 124 cm³/mol. The number of rotatable bonds is 7. The molecule has 3 atom stereocenters. The molecule has 0 bridgehead atoms. The molecule has 0 saturated carbocycles. The van der Waals surface area contributed by atoms with Crippen LogP contribution >= 0.6 is 18.1 Å². The molecule has 4 rings (SSSR count). The molecule has 3 heterocycles. The molecule has 0 aliphatic carbocycles. The zero-order valence-corrected chi connectivity index (χ0v) is 20.1. The number of anilines is 1. The van der Waals surface area contributed by atoms with Gasteiger partial charge < -0.3 is 14.6 Å². The third-order valence-electron chi connectivity index (χ3n) is 5.17. The second kappa shape index (κ2) is 9.84. The van der Waals surface area contributed by atoms with Crippen LogP contribution in [0.2, 0.25) is 0 Å². The number of nitrogens with zero attached hydrogens (tertiary/aromatic N) is 6. The molecule has 0 spiro atoms. The maximum atomic E-state index is 12.6. The average molecular weight is 494 g/mol. The molecule has 1 aromatic carbocycles. The normalized spacial score (nSPS) is 21.2. The van der Waals surface area contributed by atoms with Gasteiger partial charge in [0.2, 0.25) is 0 Å². The number of halogens is 1. The number of carbonyl (C=O) groups is 1. The molecular formula is C20H25ClN7O4P. The van der Waals surface area contributed by atoms with Crippen molar-refractivity contribution in [2.24, 2.45) is 0 Å². The lowest BCUT2D eigenvalue weighted by Gasteiger charge is -2.36. The molecule has 0 radical (unpaired) electrons. The number of aromatic nitrogens is 4. The van der Waals surface area contributed by atoms with Crippen molar-refractivity contribution < 1.29 is 18.6 Å². The van der Waals surface area contributed by atoms with E-state index in [4.69, 9.17) is 20.5 Å². The minimum Gasteiger partial charge on any atom is -0.350 e. The quantitative estimate of drug-likeness (QED) is 0.496. The smallest absolute Gasteiger partial charge is 0.350 e. The molecule has 176 valence electrons. The van der Waals surface area contributed by atoms with Crippen LogP contribution in [0.5, 0.6) is 0 Å². The third kappa shape index (κ3) is 5.40. The number of carbonyl (C=O) groups excluding carboxylic acids is 1. The van der Waals surface area contributed by atoms with Gasteiger partial charge in [0.15, 0.2) is 17.0 Å². The molecule has 1 fully saturated rings. The summed E-state index contributed by atoms with van der Waals surface area (Å²) in [7, 11) is 5.14. The summed E-state index contributed by atoms with van der Waals surface area (Å²) >= 11 is 5.97. The van der Waals surface area contributed by atoms with Gasteiger partial charge in [-0.05, 0) is 44.5 Å². The van der Waals surface area contributed by atoms with Gasteiger partial charge in [0, 0.05) is 18.7 Å². The van der Waals surface area contributed by atoms with E-state index < -0.39 is 13.1 Å². The number of likely N-dealkylation sites (N-methyl/N-ethyl adjacent to an activating group) is 1. The summed E-state index contributed by atoms with van der Waals surface area (Å²) in [5.74, 6) is 0.0214. The fourth-order valence-corrected chi connectivity index (χ4v) is 4.21. The molecule has 3 aromatic rings. The highest BCUT2D eigenvalue weighted by molar-refractivity contribution is 7.83. The zero-order valence-electron chi connectivity index (χ0n) is 18.5. The molecule has 1 aliphatic rings. The van der Waals surface area contributed by atoms with Crippen molar-refractivity contribution in [2.75, 3.05) is 46.2 Å². The molecule has 11 nitrogen and oxygen atoms in total. The van der Waals surface area contributed by atoms with Crippen LogP contribution in [-0.4, -0.2) is 81.9 Å². The number of hydrogen-bond donors (Lipinski definition) is 1. The first-order valence-corrected chi connectivity index (χ1v) is 12.7. The van der Waals surface area contributed by atoms with Crippen molar-refractivity contribution in [1.82, 2.24) is 29.1 Å². The Morgan fingerprint density at radius 3 is 2.76 bits per heavy atom. The molecule has 1 amide bonds. The van der Waals surface area contributed by atoms with Crippen LogP contribution < -0.4 is 5.32 Å². The van der Waals surface area contributed by atoms with E-state index >= 15 is 0 Å². The lowest BCUT2D eigenvalue weighted by molar-refractivity contribution is -0.124. The Morgan fingerprint density at radius 2 is 2.03 bits per heavy atom. The minimum absolute atomic E-state index is 0.0692. The SMILES string of the molecule is CN1CC(n2cnc3c(NC(=O)c4ccccc4)ncnc32)O[C@H](COP(=O)(Cl)N(C)C)C1. The number of morpholine rings is 1. The molecular weight excluding hydrogens is 469 g/mol. The second-order valence-corrected chi connectivity index (χ2v) is 11.1. The Kier molecular flexibility index (Phi) is 7.08. The third-order valence-corrected chi connectivity index (χ3v) is 7.79. The number of nitrogens with one attached hydrogen (secondary N) is 1. The maximum absolute atomic E-state index is 12.6. The van der Waals surface area contributed by atoms with Crippen molar-refractivity contribution >= 4 is 41.0 Å². The van der Waals surface area contributed by atoms with Gasteiger partial charge in [0.25, 0.3) is 5.91 Å². The number of fused-ring (bicyclic) bond motifs is 1. The summed E-state index contributed by atoms with van der Waals surface area (Å²) in [5, 5.41) is 2.80. The van der Waals surface area contributed by atoms with Gasteiger partial charge in [-0.1, -0.05) is 18.2 Å². The minimum atomic E-state index is -3.39. The molecule has 2 unspecified atom stereocenters. The van der Waals surface area contributed by atoms with E-state index in [1.54, 1.807) is 49.3 Å².